The highest BCUT2D eigenvalue weighted by Gasteiger charge is 2.43. The van der Waals surface area contributed by atoms with Crippen LogP contribution < -0.4 is 10.1 Å². The summed E-state index contributed by atoms with van der Waals surface area (Å²) >= 11 is 0. The zero-order chi connectivity index (χ0) is 26.4. The molecule has 204 valence electrons. The molecule has 6 rings (SSSR count). The molecular weight excluding hydrogens is 484 g/mol. The molecule has 4 atom stereocenters. The number of nitrogens with zero attached hydrogens (tertiary/aromatic N) is 3. The fourth-order valence-corrected chi connectivity index (χ4v) is 7.23. The van der Waals surface area contributed by atoms with Crippen LogP contribution in [0.25, 0.3) is 0 Å². The number of likely N-dealkylation sites (tertiary alicyclic amines) is 2. The second-order valence-electron chi connectivity index (χ2n) is 11.8. The van der Waals surface area contributed by atoms with E-state index < -0.39 is 6.04 Å². The number of benzene rings is 1. The number of amides is 4. The summed E-state index contributed by atoms with van der Waals surface area (Å²) in [6.07, 6.45) is 7.58. The van der Waals surface area contributed by atoms with Crippen LogP contribution >= 0.6 is 0 Å². The van der Waals surface area contributed by atoms with E-state index >= 15 is 0 Å². The van der Waals surface area contributed by atoms with Gasteiger partial charge in [-0.05, 0) is 74.1 Å². The van der Waals surface area contributed by atoms with Crippen LogP contribution in [0.3, 0.4) is 0 Å². The summed E-state index contributed by atoms with van der Waals surface area (Å²) in [5, 5.41) is 2.36. The van der Waals surface area contributed by atoms with Crippen molar-refractivity contribution < 1.29 is 23.9 Å². The molecule has 0 bridgehead atoms. The normalized spacial score (nSPS) is 30.6. The molecule has 1 aromatic rings. The maximum atomic E-state index is 13.0. The van der Waals surface area contributed by atoms with Crippen molar-refractivity contribution in [1.29, 1.82) is 0 Å². The molecule has 0 aromatic heterocycles. The number of nitrogens with one attached hydrogen (secondary N) is 1. The third-order valence-electron chi connectivity index (χ3n) is 9.43. The van der Waals surface area contributed by atoms with E-state index in [0.717, 1.165) is 63.2 Å². The Morgan fingerprint density at radius 2 is 1.79 bits per heavy atom. The lowest BCUT2D eigenvalue weighted by atomic mass is 9.78. The third kappa shape index (κ3) is 4.81. The summed E-state index contributed by atoms with van der Waals surface area (Å²) in [7, 11) is 0. The first-order valence-electron chi connectivity index (χ1n) is 14.3. The minimum absolute atomic E-state index is 0.117. The molecule has 5 aliphatic rings. The minimum Gasteiger partial charge on any atom is -0.489 e. The van der Waals surface area contributed by atoms with E-state index in [4.69, 9.17) is 4.74 Å². The van der Waals surface area contributed by atoms with Crippen LogP contribution in [-0.2, 0) is 20.9 Å². The molecule has 4 amide bonds. The quantitative estimate of drug-likeness (QED) is 0.596. The highest BCUT2D eigenvalue weighted by Crippen LogP contribution is 2.37. The first kappa shape index (κ1) is 25.3. The van der Waals surface area contributed by atoms with E-state index in [1.807, 2.05) is 23.1 Å². The number of carbonyl (C=O) groups is 4. The first-order chi connectivity index (χ1) is 18.4. The average Bonchev–Trinajstić information content (AvgIpc) is 3.19. The van der Waals surface area contributed by atoms with Crippen molar-refractivity contribution in [2.45, 2.75) is 83.0 Å². The topological polar surface area (TPSA) is 99.3 Å². The summed E-state index contributed by atoms with van der Waals surface area (Å²) in [6, 6.07) is 5.45. The molecule has 4 heterocycles. The minimum atomic E-state index is -0.606. The molecule has 4 fully saturated rings. The number of hydrogen-bond donors (Lipinski definition) is 1. The smallest absolute Gasteiger partial charge is 0.255 e. The van der Waals surface area contributed by atoms with Gasteiger partial charge in [0.2, 0.25) is 17.7 Å². The number of imide groups is 1. The number of hydrogen-bond acceptors (Lipinski definition) is 6. The molecule has 3 saturated heterocycles. The number of ether oxygens (including phenoxy) is 1. The largest absolute Gasteiger partial charge is 0.489 e. The lowest BCUT2D eigenvalue weighted by Crippen LogP contribution is -2.60. The molecule has 38 heavy (non-hydrogen) atoms. The van der Waals surface area contributed by atoms with E-state index in [1.54, 1.807) is 11.8 Å². The Kier molecular flexibility index (Phi) is 6.88. The lowest BCUT2D eigenvalue weighted by molar-refractivity contribution is -0.137. The number of rotatable bonds is 5. The van der Waals surface area contributed by atoms with E-state index in [-0.39, 0.29) is 36.2 Å². The van der Waals surface area contributed by atoms with Gasteiger partial charge in [-0.1, -0.05) is 6.42 Å². The average molecular weight is 523 g/mol. The molecule has 4 aliphatic heterocycles. The van der Waals surface area contributed by atoms with Crippen LogP contribution in [0, 0.1) is 11.8 Å². The Labute approximate surface area is 223 Å². The Morgan fingerprint density at radius 3 is 2.58 bits per heavy atom. The van der Waals surface area contributed by atoms with Crippen molar-refractivity contribution in [3.63, 3.8) is 0 Å². The molecule has 0 spiro atoms. The highest BCUT2D eigenvalue weighted by molar-refractivity contribution is 6.05. The predicted molar refractivity (Wildman–Crippen MR) is 139 cm³/mol. The van der Waals surface area contributed by atoms with Crippen LogP contribution in [0.1, 0.15) is 74.2 Å². The van der Waals surface area contributed by atoms with Crippen molar-refractivity contribution >= 4 is 23.6 Å². The van der Waals surface area contributed by atoms with Crippen LogP contribution in [0.15, 0.2) is 18.2 Å². The Balaban J connectivity index is 1.08. The van der Waals surface area contributed by atoms with E-state index in [1.165, 1.54) is 12.8 Å². The van der Waals surface area contributed by atoms with Gasteiger partial charge in [0.1, 0.15) is 17.9 Å². The molecular formula is C29H38N4O5. The molecule has 9 heteroatoms. The van der Waals surface area contributed by atoms with Crippen LogP contribution in [-0.4, -0.2) is 82.7 Å². The van der Waals surface area contributed by atoms with Gasteiger partial charge in [0.15, 0.2) is 0 Å². The molecule has 9 nitrogen and oxygen atoms in total. The highest BCUT2D eigenvalue weighted by atomic mass is 16.5. The van der Waals surface area contributed by atoms with Gasteiger partial charge in [-0.2, -0.15) is 0 Å². The summed E-state index contributed by atoms with van der Waals surface area (Å²) in [5.41, 5.74) is 1.49. The number of fused-ring (bicyclic) bond motifs is 1. The van der Waals surface area contributed by atoms with Crippen LogP contribution in [0.2, 0.25) is 0 Å². The Hall–Kier alpha value is -2.94. The van der Waals surface area contributed by atoms with Gasteiger partial charge in [-0.25, -0.2) is 0 Å². The zero-order valence-corrected chi connectivity index (χ0v) is 22.2. The predicted octanol–water partition coefficient (Wildman–Crippen LogP) is 2.33. The second kappa shape index (κ2) is 10.3. The third-order valence-corrected chi connectivity index (χ3v) is 9.43. The van der Waals surface area contributed by atoms with Crippen molar-refractivity contribution in [3.05, 3.63) is 29.3 Å². The number of piperidine rings is 2. The fourth-order valence-electron chi connectivity index (χ4n) is 7.23. The molecule has 2 unspecified atom stereocenters. The Bertz CT molecular complexity index is 1130. The van der Waals surface area contributed by atoms with Gasteiger partial charge in [0.25, 0.3) is 5.91 Å². The maximum Gasteiger partial charge on any atom is 0.255 e. The SMILES string of the molecule is CC(=O)N1CCCC(C2CN([C@@H]3CCCC[C@H]3Oc3ccc4c(c3)CN(C3CCC(=O)NC3=O)C4=O)C2)C1. The fraction of sp³-hybridized carbons (Fsp3) is 0.655. The van der Waals surface area contributed by atoms with Gasteiger partial charge in [0, 0.05) is 57.7 Å². The van der Waals surface area contributed by atoms with Crippen molar-refractivity contribution in [2.75, 3.05) is 26.2 Å². The van der Waals surface area contributed by atoms with E-state index in [9.17, 15) is 19.2 Å². The maximum absolute atomic E-state index is 13.0. The van der Waals surface area contributed by atoms with E-state index in [2.05, 4.69) is 10.2 Å². The molecule has 1 saturated carbocycles. The van der Waals surface area contributed by atoms with Gasteiger partial charge >= 0.3 is 0 Å². The molecule has 1 N–H and O–H groups in total. The summed E-state index contributed by atoms with van der Waals surface area (Å²) < 4.78 is 6.58. The van der Waals surface area contributed by atoms with Crippen molar-refractivity contribution in [3.8, 4) is 5.75 Å². The standard InChI is InChI=1S/C29H38N4O5/c1-18(34)31-12-4-5-19(14-31)21-15-32(16-21)24-6-2-3-7-26(24)38-22-8-9-23-20(13-22)17-33(29(23)37)25-10-11-27(35)30-28(25)36/h8-9,13,19,21,24-26H,2-7,10-12,14-17H2,1H3,(H,30,35,36)/t19?,24-,25?,26-/m1/s1. The van der Waals surface area contributed by atoms with Gasteiger partial charge in [-0.3, -0.25) is 29.4 Å². The van der Waals surface area contributed by atoms with Gasteiger partial charge in [0.05, 0.1) is 0 Å². The monoisotopic (exact) mass is 522 g/mol. The van der Waals surface area contributed by atoms with Crippen molar-refractivity contribution in [1.82, 2.24) is 20.0 Å². The van der Waals surface area contributed by atoms with Gasteiger partial charge < -0.3 is 14.5 Å². The number of carbonyl (C=O) groups excluding carboxylic acids is 4. The summed E-state index contributed by atoms with van der Waals surface area (Å²) in [6.45, 7) is 6.01. The first-order valence-corrected chi connectivity index (χ1v) is 14.3. The molecule has 0 radical (unpaired) electrons. The summed E-state index contributed by atoms with van der Waals surface area (Å²) in [4.78, 5) is 55.0. The summed E-state index contributed by atoms with van der Waals surface area (Å²) in [5.74, 6) is 1.41. The van der Waals surface area contributed by atoms with E-state index in [0.29, 0.717) is 36.4 Å². The van der Waals surface area contributed by atoms with Crippen molar-refractivity contribution in [2.24, 2.45) is 11.8 Å². The van der Waals surface area contributed by atoms with Gasteiger partial charge in [-0.15, -0.1) is 0 Å². The Morgan fingerprint density at radius 1 is 0.974 bits per heavy atom. The molecule has 1 aliphatic carbocycles. The lowest BCUT2D eigenvalue weighted by Gasteiger charge is -2.52. The second-order valence-corrected chi connectivity index (χ2v) is 11.8. The zero-order valence-electron chi connectivity index (χ0n) is 22.2. The van der Waals surface area contributed by atoms with Crippen LogP contribution in [0.5, 0.6) is 5.75 Å². The molecule has 1 aromatic carbocycles. The van der Waals surface area contributed by atoms with Crippen LogP contribution in [0.4, 0.5) is 0 Å².